The Bertz CT molecular complexity index is 865. The highest BCUT2D eigenvalue weighted by Crippen LogP contribution is 2.39. The highest BCUT2D eigenvalue weighted by molar-refractivity contribution is 7.99. The van der Waals surface area contributed by atoms with Gasteiger partial charge in [0.2, 0.25) is 0 Å². The number of thioether (sulfide) groups is 1. The molecule has 0 unspecified atom stereocenters. The van der Waals surface area contributed by atoms with Gasteiger partial charge in [-0.05, 0) is 37.0 Å². The van der Waals surface area contributed by atoms with Crippen LogP contribution in [-0.2, 0) is 13.0 Å². The topological polar surface area (TPSA) is 39.9 Å². The second kappa shape index (κ2) is 8.14. The van der Waals surface area contributed by atoms with Crippen molar-refractivity contribution in [2.24, 2.45) is 0 Å². The zero-order chi connectivity index (χ0) is 17.8. The SMILES string of the molecule is Clc1ccccc1OCc1nnc(SCCc2ccccc2)n1C1CC1. The molecule has 0 amide bonds. The molecule has 2 aromatic carbocycles. The maximum Gasteiger partial charge on any atom is 0.191 e. The maximum absolute atomic E-state index is 6.17. The summed E-state index contributed by atoms with van der Waals surface area (Å²) < 4.78 is 8.11. The van der Waals surface area contributed by atoms with Gasteiger partial charge in [-0.25, -0.2) is 0 Å². The van der Waals surface area contributed by atoms with Gasteiger partial charge >= 0.3 is 0 Å². The van der Waals surface area contributed by atoms with Crippen LogP contribution in [0.15, 0.2) is 59.8 Å². The van der Waals surface area contributed by atoms with E-state index in [-0.39, 0.29) is 0 Å². The van der Waals surface area contributed by atoms with Gasteiger partial charge in [-0.3, -0.25) is 0 Å². The number of para-hydroxylation sites is 1. The van der Waals surface area contributed by atoms with E-state index in [9.17, 15) is 0 Å². The minimum atomic E-state index is 0.381. The van der Waals surface area contributed by atoms with Crippen molar-refractivity contribution < 1.29 is 4.74 Å². The first-order valence-electron chi connectivity index (χ1n) is 8.79. The molecule has 0 bridgehead atoms. The number of aryl methyl sites for hydroxylation is 1. The summed E-state index contributed by atoms with van der Waals surface area (Å²) in [5, 5.41) is 10.4. The average molecular weight is 386 g/mol. The summed E-state index contributed by atoms with van der Waals surface area (Å²) in [5.74, 6) is 2.53. The van der Waals surface area contributed by atoms with Crippen LogP contribution in [0, 0.1) is 0 Å². The Morgan fingerprint density at radius 3 is 2.58 bits per heavy atom. The number of nitrogens with zero attached hydrogens (tertiary/aromatic N) is 3. The molecule has 4 nitrogen and oxygen atoms in total. The van der Waals surface area contributed by atoms with Crippen molar-refractivity contribution in [1.29, 1.82) is 0 Å². The summed E-state index contributed by atoms with van der Waals surface area (Å²) >= 11 is 7.93. The van der Waals surface area contributed by atoms with Crippen LogP contribution < -0.4 is 4.74 Å². The third-order valence-corrected chi connectivity index (χ3v) is 5.56. The molecular weight excluding hydrogens is 366 g/mol. The molecule has 0 atom stereocenters. The molecule has 0 spiro atoms. The molecule has 1 fully saturated rings. The number of ether oxygens (including phenoxy) is 1. The van der Waals surface area contributed by atoms with Gasteiger partial charge in [0.05, 0.1) is 5.02 Å². The molecule has 26 heavy (non-hydrogen) atoms. The van der Waals surface area contributed by atoms with Gasteiger partial charge in [0, 0.05) is 11.8 Å². The van der Waals surface area contributed by atoms with E-state index in [1.165, 1.54) is 18.4 Å². The summed E-state index contributed by atoms with van der Waals surface area (Å²) in [6.07, 6.45) is 3.39. The molecule has 0 N–H and O–H groups in total. The number of rotatable bonds is 8. The largest absolute Gasteiger partial charge is 0.484 e. The van der Waals surface area contributed by atoms with E-state index < -0.39 is 0 Å². The molecule has 4 rings (SSSR count). The fraction of sp³-hybridized carbons (Fsp3) is 0.300. The van der Waals surface area contributed by atoms with Crippen molar-refractivity contribution in [2.75, 3.05) is 5.75 Å². The molecule has 1 aromatic heterocycles. The molecule has 0 radical (unpaired) electrons. The Balaban J connectivity index is 1.41. The lowest BCUT2D eigenvalue weighted by atomic mass is 10.2. The number of halogens is 1. The molecule has 134 valence electrons. The minimum absolute atomic E-state index is 0.381. The molecule has 0 saturated heterocycles. The van der Waals surface area contributed by atoms with Crippen molar-refractivity contribution in [3.05, 3.63) is 71.0 Å². The zero-order valence-electron chi connectivity index (χ0n) is 14.3. The zero-order valence-corrected chi connectivity index (χ0v) is 15.9. The first-order chi connectivity index (χ1) is 12.8. The lowest BCUT2D eigenvalue weighted by molar-refractivity contribution is 0.288. The smallest absolute Gasteiger partial charge is 0.191 e. The third kappa shape index (κ3) is 4.22. The number of hydrogen-bond acceptors (Lipinski definition) is 4. The minimum Gasteiger partial charge on any atom is -0.484 e. The van der Waals surface area contributed by atoms with E-state index >= 15 is 0 Å². The molecule has 1 aliphatic rings. The fourth-order valence-corrected chi connectivity index (χ4v) is 4.02. The van der Waals surface area contributed by atoms with Crippen LogP contribution >= 0.6 is 23.4 Å². The highest BCUT2D eigenvalue weighted by Gasteiger charge is 2.29. The van der Waals surface area contributed by atoms with Gasteiger partial charge in [0.1, 0.15) is 12.4 Å². The Hall–Kier alpha value is -1.98. The predicted octanol–water partition coefficient (Wildman–Crippen LogP) is 5.18. The average Bonchev–Trinajstić information content (AvgIpc) is 3.43. The van der Waals surface area contributed by atoms with Crippen LogP contribution in [0.2, 0.25) is 5.02 Å². The summed E-state index contributed by atoms with van der Waals surface area (Å²) in [6.45, 7) is 0.381. The van der Waals surface area contributed by atoms with E-state index in [1.54, 1.807) is 11.8 Å². The molecule has 3 aromatic rings. The second-order valence-corrected chi connectivity index (χ2v) is 7.77. The summed E-state index contributed by atoms with van der Waals surface area (Å²) in [5.41, 5.74) is 1.35. The van der Waals surface area contributed by atoms with Gasteiger partial charge in [0.15, 0.2) is 11.0 Å². The van der Waals surface area contributed by atoms with Crippen LogP contribution in [0.3, 0.4) is 0 Å². The standard InChI is InChI=1S/C20H20ClN3OS/c21-17-8-4-5-9-18(17)25-14-19-22-23-20(24(19)16-10-11-16)26-13-12-15-6-2-1-3-7-15/h1-9,16H,10-14H2. The van der Waals surface area contributed by atoms with Crippen LogP contribution in [0.4, 0.5) is 0 Å². The molecule has 1 saturated carbocycles. The fourth-order valence-electron chi connectivity index (χ4n) is 2.81. The summed E-state index contributed by atoms with van der Waals surface area (Å²) in [7, 11) is 0. The Kier molecular flexibility index (Phi) is 5.46. The molecule has 0 aliphatic heterocycles. The first kappa shape index (κ1) is 17.4. The Labute approximate surface area is 162 Å². The van der Waals surface area contributed by atoms with Crippen LogP contribution in [0.1, 0.15) is 30.3 Å². The molecule has 1 aliphatic carbocycles. The molecule has 6 heteroatoms. The number of benzene rings is 2. The Morgan fingerprint density at radius 1 is 1.04 bits per heavy atom. The van der Waals surface area contributed by atoms with E-state index in [4.69, 9.17) is 16.3 Å². The monoisotopic (exact) mass is 385 g/mol. The van der Waals surface area contributed by atoms with Crippen molar-refractivity contribution in [3.8, 4) is 5.75 Å². The van der Waals surface area contributed by atoms with E-state index in [2.05, 4.69) is 39.0 Å². The highest BCUT2D eigenvalue weighted by atomic mass is 35.5. The van der Waals surface area contributed by atoms with E-state index in [0.29, 0.717) is 23.4 Å². The van der Waals surface area contributed by atoms with Crippen molar-refractivity contribution in [3.63, 3.8) is 0 Å². The predicted molar refractivity (Wildman–Crippen MR) is 105 cm³/mol. The van der Waals surface area contributed by atoms with Crippen molar-refractivity contribution >= 4 is 23.4 Å². The summed E-state index contributed by atoms with van der Waals surface area (Å²) in [4.78, 5) is 0. The molecule has 1 heterocycles. The number of aromatic nitrogens is 3. The van der Waals surface area contributed by atoms with Crippen molar-refractivity contribution in [1.82, 2.24) is 14.8 Å². The van der Waals surface area contributed by atoms with Gasteiger partial charge in [-0.15, -0.1) is 10.2 Å². The second-order valence-electron chi connectivity index (χ2n) is 6.30. The van der Waals surface area contributed by atoms with E-state index in [1.807, 2.05) is 30.3 Å². The van der Waals surface area contributed by atoms with Crippen LogP contribution in [0.5, 0.6) is 5.75 Å². The van der Waals surface area contributed by atoms with Crippen LogP contribution in [-0.4, -0.2) is 20.5 Å². The number of hydrogen-bond donors (Lipinski definition) is 0. The van der Waals surface area contributed by atoms with Gasteiger partial charge < -0.3 is 9.30 Å². The van der Waals surface area contributed by atoms with Gasteiger partial charge in [0.25, 0.3) is 0 Å². The quantitative estimate of drug-likeness (QED) is 0.501. The normalized spacial score (nSPS) is 13.7. The first-order valence-corrected chi connectivity index (χ1v) is 10.2. The molecular formula is C20H20ClN3OS. The van der Waals surface area contributed by atoms with Crippen LogP contribution in [0.25, 0.3) is 0 Å². The van der Waals surface area contributed by atoms with Crippen molar-refractivity contribution in [2.45, 2.75) is 37.1 Å². The maximum atomic E-state index is 6.17. The third-order valence-electron chi connectivity index (χ3n) is 4.31. The Morgan fingerprint density at radius 2 is 1.81 bits per heavy atom. The van der Waals surface area contributed by atoms with E-state index in [0.717, 1.165) is 23.2 Å². The lowest BCUT2D eigenvalue weighted by Gasteiger charge is -2.10. The van der Waals surface area contributed by atoms with Gasteiger partial charge in [-0.2, -0.15) is 0 Å². The summed E-state index contributed by atoms with van der Waals surface area (Å²) in [6, 6.07) is 18.5. The lowest BCUT2D eigenvalue weighted by Crippen LogP contribution is -2.07. The van der Waals surface area contributed by atoms with Gasteiger partial charge in [-0.1, -0.05) is 65.8 Å².